The van der Waals surface area contributed by atoms with Crippen molar-refractivity contribution in [1.82, 2.24) is 14.8 Å². The van der Waals surface area contributed by atoms with Crippen LogP contribution in [-0.4, -0.2) is 51.1 Å². The van der Waals surface area contributed by atoms with E-state index in [1.165, 1.54) is 11.8 Å². The van der Waals surface area contributed by atoms with Crippen LogP contribution in [0.5, 0.6) is 0 Å². The molecule has 0 spiro atoms. The summed E-state index contributed by atoms with van der Waals surface area (Å²) in [5.41, 5.74) is 0. The standard InChI is InChI=1S/C12H15N3O3S3/c1-2-15-11(9-4-3-5-19-9)13-14-12(15)20-10-7-21(17,18)6-8(10)16/h3-5,8,10,16H,2,6-7H2,1H3/t8-,10-/m1/s1. The van der Waals surface area contributed by atoms with E-state index in [9.17, 15) is 13.5 Å². The van der Waals surface area contributed by atoms with Crippen LogP contribution >= 0.6 is 23.1 Å². The Morgan fingerprint density at radius 1 is 1.48 bits per heavy atom. The smallest absolute Gasteiger partial charge is 0.191 e. The number of nitrogens with zero attached hydrogens (tertiary/aromatic N) is 3. The quantitative estimate of drug-likeness (QED) is 0.898. The van der Waals surface area contributed by atoms with Crippen LogP contribution in [0.1, 0.15) is 6.92 Å². The van der Waals surface area contributed by atoms with Gasteiger partial charge in [0.1, 0.15) is 0 Å². The predicted molar refractivity (Wildman–Crippen MR) is 83.3 cm³/mol. The van der Waals surface area contributed by atoms with Gasteiger partial charge in [-0.25, -0.2) is 8.42 Å². The molecule has 21 heavy (non-hydrogen) atoms. The highest BCUT2D eigenvalue weighted by Gasteiger charge is 2.38. The number of aliphatic hydroxyl groups excluding tert-OH is 1. The molecular weight excluding hydrogens is 330 g/mol. The van der Waals surface area contributed by atoms with Crippen LogP contribution in [0, 0.1) is 0 Å². The third-order valence-corrected chi connectivity index (χ3v) is 7.39. The molecule has 0 saturated carbocycles. The van der Waals surface area contributed by atoms with Gasteiger partial charge in [-0.2, -0.15) is 0 Å². The third kappa shape index (κ3) is 3.01. The molecule has 0 aliphatic carbocycles. The van der Waals surface area contributed by atoms with Gasteiger partial charge in [0.2, 0.25) is 0 Å². The zero-order valence-electron chi connectivity index (χ0n) is 11.3. The second-order valence-electron chi connectivity index (χ2n) is 4.83. The predicted octanol–water partition coefficient (Wildman–Crippen LogP) is 1.28. The van der Waals surface area contributed by atoms with E-state index in [4.69, 9.17) is 0 Å². The van der Waals surface area contributed by atoms with E-state index >= 15 is 0 Å². The van der Waals surface area contributed by atoms with Crippen molar-refractivity contribution in [1.29, 1.82) is 0 Å². The fraction of sp³-hybridized carbons (Fsp3) is 0.500. The molecule has 0 bridgehead atoms. The lowest BCUT2D eigenvalue weighted by Gasteiger charge is -2.12. The van der Waals surface area contributed by atoms with Crippen molar-refractivity contribution in [2.24, 2.45) is 0 Å². The van der Waals surface area contributed by atoms with Crippen molar-refractivity contribution in [3.8, 4) is 10.7 Å². The SMILES string of the molecule is CCn1c(S[C@@H]2CS(=O)(=O)C[C@H]2O)nnc1-c1cccs1. The first-order chi connectivity index (χ1) is 10.00. The molecule has 1 saturated heterocycles. The van der Waals surface area contributed by atoms with Gasteiger partial charge in [0.15, 0.2) is 20.8 Å². The molecule has 2 aromatic heterocycles. The first kappa shape index (κ1) is 15.0. The van der Waals surface area contributed by atoms with Crippen LogP contribution < -0.4 is 0 Å². The molecule has 3 heterocycles. The zero-order chi connectivity index (χ0) is 15.0. The first-order valence-electron chi connectivity index (χ1n) is 6.52. The highest BCUT2D eigenvalue weighted by atomic mass is 32.2. The van der Waals surface area contributed by atoms with Gasteiger partial charge in [-0.3, -0.25) is 0 Å². The van der Waals surface area contributed by atoms with Crippen molar-refractivity contribution in [3.05, 3.63) is 17.5 Å². The average molecular weight is 345 g/mol. The van der Waals surface area contributed by atoms with Crippen LogP contribution in [0.25, 0.3) is 10.7 Å². The van der Waals surface area contributed by atoms with Crippen molar-refractivity contribution in [2.75, 3.05) is 11.5 Å². The molecule has 114 valence electrons. The molecule has 3 rings (SSSR count). The molecule has 0 aromatic carbocycles. The summed E-state index contributed by atoms with van der Waals surface area (Å²) in [7, 11) is -3.15. The van der Waals surface area contributed by atoms with Gasteiger partial charge >= 0.3 is 0 Å². The minimum Gasteiger partial charge on any atom is -0.391 e. The van der Waals surface area contributed by atoms with Crippen LogP contribution in [0.4, 0.5) is 0 Å². The van der Waals surface area contributed by atoms with E-state index in [0.29, 0.717) is 11.7 Å². The maximum atomic E-state index is 11.6. The van der Waals surface area contributed by atoms with E-state index in [0.717, 1.165) is 10.7 Å². The second kappa shape index (κ2) is 5.71. The van der Waals surface area contributed by atoms with Crippen molar-refractivity contribution >= 4 is 32.9 Å². The topological polar surface area (TPSA) is 85.1 Å². The highest BCUT2D eigenvalue weighted by Crippen LogP contribution is 2.33. The Morgan fingerprint density at radius 3 is 2.86 bits per heavy atom. The lowest BCUT2D eigenvalue weighted by Crippen LogP contribution is -2.20. The van der Waals surface area contributed by atoms with Gasteiger partial charge < -0.3 is 9.67 Å². The average Bonchev–Trinajstić information content (AvgIpc) is 3.09. The summed E-state index contributed by atoms with van der Waals surface area (Å²) in [4.78, 5) is 1.02. The van der Waals surface area contributed by atoms with Crippen LogP contribution in [0.3, 0.4) is 0 Å². The van der Waals surface area contributed by atoms with Crippen molar-refractivity contribution in [3.63, 3.8) is 0 Å². The number of aliphatic hydroxyl groups is 1. The maximum Gasteiger partial charge on any atom is 0.191 e. The van der Waals surface area contributed by atoms with Crippen LogP contribution in [-0.2, 0) is 16.4 Å². The monoisotopic (exact) mass is 345 g/mol. The number of thioether (sulfide) groups is 1. The molecule has 0 radical (unpaired) electrons. The molecule has 1 fully saturated rings. The number of rotatable bonds is 4. The van der Waals surface area contributed by atoms with Gasteiger partial charge in [-0.1, -0.05) is 17.8 Å². The molecule has 0 amide bonds. The number of sulfone groups is 1. The first-order valence-corrected chi connectivity index (χ1v) is 10.1. The fourth-order valence-electron chi connectivity index (χ4n) is 2.29. The normalized spacial score (nSPS) is 24.5. The zero-order valence-corrected chi connectivity index (χ0v) is 13.8. The lowest BCUT2D eigenvalue weighted by molar-refractivity contribution is 0.207. The van der Waals surface area contributed by atoms with E-state index in [1.807, 2.05) is 29.0 Å². The highest BCUT2D eigenvalue weighted by molar-refractivity contribution is 8.01. The van der Waals surface area contributed by atoms with Gasteiger partial charge in [0, 0.05) is 6.54 Å². The molecule has 1 aliphatic heterocycles. The summed E-state index contributed by atoms with van der Waals surface area (Å²) in [5, 5.41) is 20.5. The van der Waals surface area contributed by atoms with Gasteiger partial charge in [-0.15, -0.1) is 21.5 Å². The molecule has 0 unspecified atom stereocenters. The number of hydrogen-bond acceptors (Lipinski definition) is 7. The van der Waals surface area contributed by atoms with E-state index in [2.05, 4.69) is 10.2 Å². The summed E-state index contributed by atoms with van der Waals surface area (Å²) in [6, 6.07) is 3.93. The molecule has 6 nitrogen and oxygen atoms in total. The molecule has 2 atom stereocenters. The van der Waals surface area contributed by atoms with Crippen molar-refractivity contribution < 1.29 is 13.5 Å². The Morgan fingerprint density at radius 2 is 2.29 bits per heavy atom. The summed E-state index contributed by atoms with van der Waals surface area (Å²) < 4.78 is 25.1. The maximum absolute atomic E-state index is 11.6. The summed E-state index contributed by atoms with van der Waals surface area (Å²) in [6.45, 7) is 2.68. The number of thiophene rings is 1. The van der Waals surface area contributed by atoms with E-state index < -0.39 is 15.9 Å². The second-order valence-corrected chi connectivity index (χ2v) is 9.14. The molecule has 9 heteroatoms. The largest absolute Gasteiger partial charge is 0.391 e. The Labute approximate surface area is 131 Å². The van der Waals surface area contributed by atoms with Gasteiger partial charge in [0.05, 0.1) is 27.7 Å². The Bertz CT molecular complexity index is 724. The molecule has 2 aromatic rings. The Kier molecular flexibility index (Phi) is 4.08. The minimum absolute atomic E-state index is 0.0102. The third-order valence-electron chi connectivity index (χ3n) is 3.30. The minimum atomic E-state index is -3.15. The fourth-order valence-corrected chi connectivity index (χ4v) is 6.59. The van der Waals surface area contributed by atoms with Crippen LogP contribution in [0.15, 0.2) is 22.7 Å². The van der Waals surface area contributed by atoms with E-state index in [1.54, 1.807) is 11.3 Å². The van der Waals surface area contributed by atoms with Crippen LogP contribution in [0.2, 0.25) is 0 Å². The number of aromatic nitrogens is 3. The summed E-state index contributed by atoms with van der Waals surface area (Å²) in [5.74, 6) is 0.609. The van der Waals surface area contributed by atoms with Crippen molar-refractivity contribution in [2.45, 2.75) is 30.0 Å². The molecular formula is C12H15N3O3S3. The number of hydrogen-bond donors (Lipinski definition) is 1. The molecule has 1 N–H and O–H groups in total. The van der Waals surface area contributed by atoms with E-state index in [-0.39, 0.29) is 16.8 Å². The Balaban J connectivity index is 1.87. The van der Waals surface area contributed by atoms with Gasteiger partial charge in [-0.05, 0) is 18.4 Å². The summed E-state index contributed by atoms with van der Waals surface area (Å²) in [6.07, 6.45) is -0.841. The van der Waals surface area contributed by atoms with Gasteiger partial charge in [0.25, 0.3) is 0 Å². The Hall–Kier alpha value is -0.900. The molecule has 1 aliphatic rings. The summed E-state index contributed by atoms with van der Waals surface area (Å²) >= 11 is 2.88. The lowest BCUT2D eigenvalue weighted by atomic mass is 10.3.